The number of aromatic nitrogens is 2. The topological polar surface area (TPSA) is 103 Å². The number of halogens is 1. The lowest BCUT2D eigenvalue weighted by atomic mass is 10.2. The van der Waals surface area contributed by atoms with Gasteiger partial charge in [-0.3, -0.25) is 0 Å². The number of nitrogens with zero attached hydrogens (tertiary/aromatic N) is 3. The van der Waals surface area contributed by atoms with Gasteiger partial charge in [0.1, 0.15) is 21.7 Å². The smallest absolute Gasteiger partial charge is 0.361 e. The van der Waals surface area contributed by atoms with E-state index in [2.05, 4.69) is 27.1 Å². The predicted octanol–water partition coefficient (Wildman–Crippen LogP) is 2.66. The molecule has 1 aromatic carbocycles. The summed E-state index contributed by atoms with van der Waals surface area (Å²) >= 11 is 3.33. The van der Waals surface area contributed by atoms with E-state index >= 15 is 0 Å². The molecule has 0 bridgehead atoms. The van der Waals surface area contributed by atoms with Crippen LogP contribution in [0.1, 0.15) is 29.9 Å². The molecule has 0 amide bonds. The quantitative estimate of drug-likeness (QED) is 0.802. The summed E-state index contributed by atoms with van der Waals surface area (Å²) in [6.07, 6.45) is 0. The fourth-order valence-corrected chi connectivity index (χ4v) is 2.41. The molecule has 0 aliphatic rings. The molecule has 0 radical (unpaired) electrons. The minimum atomic E-state index is -0.601. The zero-order valence-electron chi connectivity index (χ0n) is 12.7. The maximum absolute atomic E-state index is 11.9. The Bertz CT molecular complexity index is 780. The monoisotopic (exact) mass is 378 g/mol. The van der Waals surface area contributed by atoms with Crippen molar-refractivity contribution in [2.45, 2.75) is 13.8 Å². The number of hydrogen-bond acceptors (Lipinski definition) is 6. The van der Waals surface area contributed by atoms with E-state index in [0.717, 1.165) is 0 Å². The van der Waals surface area contributed by atoms with Crippen LogP contribution in [0.25, 0.3) is 5.69 Å². The summed E-state index contributed by atoms with van der Waals surface area (Å²) < 4.78 is 12.3. The molecule has 7 nitrogen and oxygen atoms in total. The zero-order chi connectivity index (χ0) is 17.0. The molecule has 8 heteroatoms. The van der Waals surface area contributed by atoms with E-state index in [4.69, 9.17) is 20.5 Å². The Morgan fingerprint density at radius 1 is 1.43 bits per heavy atom. The molecule has 2 aromatic rings. The molecule has 0 fully saturated rings. The van der Waals surface area contributed by atoms with Gasteiger partial charge in [-0.2, -0.15) is 10.4 Å². The lowest BCUT2D eigenvalue weighted by molar-refractivity contribution is 0.0520. The minimum absolute atomic E-state index is 0.0190. The highest BCUT2D eigenvalue weighted by Crippen LogP contribution is 2.32. The number of anilines is 1. The van der Waals surface area contributed by atoms with Gasteiger partial charge in [-0.1, -0.05) is 0 Å². The molecule has 0 atom stereocenters. The maximum Gasteiger partial charge on any atom is 0.361 e. The molecular weight excluding hydrogens is 364 g/mol. The molecule has 1 heterocycles. The minimum Gasteiger partial charge on any atom is -0.492 e. The second-order valence-corrected chi connectivity index (χ2v) is 5.16. The molecule has 0 aliphatic heterocycles. The Hall–Kier alpha value is -2.53. The van der Waals surface area contributed by atoms with Crippen LogP contribution in [0.3, 0.4) is 0 Å². The number of carbonyl (C=O) groups excluding carboxylic acids is 1. The number of hydrogen-bond donors (Lipinski definition) is 1. The fraction of sp³-hybridized carbons (Fsp3) is 0.267. The maximum atomic E-state index is 11.9. The Labute approximate surface area is 141 Å². The number of benzene rings is 1. The van der Waals surface area contributed by atoms with Gasteiger partial charge in [-0.25, -0.2) is 9.48 Å². The lowest BCUT2D eigenvalue weighted by Crippen LogP contribution is -2.09. The van der Waals surface area contributed by atoms with Crippen LogP contribution in [0.4, 0.5) is 5.69 Å². The van der Waals surface area contributed by atoms with E-state index in [1.165, 1.54) is 4.68 Å². The second kappa shape index (κ2) is 7.15. The predicted molar refractivity (Wildman–Crippen MR) is 87.5 cm³/mol. The van der Waals surface area contributed by atoms with Gasteiger partial charge in [0, 0.05) is 6.07 Å². The van der Waals surface area contributed by atoms with E-state index in [1.54, 1.807) is 25.1 Å². The Kier molecular flexibility index (Phi) is 5.24. The first-order chi connectivity index (χ1) is 11.0. The van der Waals surface area contributed by atoms with Gasteiger partial charge in [0.25, 0.3) is 0 Å². The Balaban J connectivity index is 2.57. The lowest BCUT2D eigenvalue weighted by Gasteiger charge is -2.11. The third kappa shape index (κ3) is 3.29. The molecule has 0 unspecified atom stereocenters. The number of rotatable bonds is 5. The van der Waals surface area contributed by atoms with Crippen LogP contribution in [0, 0.1) is 11.3 Å². The molecule has 2 N–H and O–H groups in total. The number of carbonyl (C=O) groups is 1. The van der Waals surface area contributed by atoms with Crippen molar-refractivity contribution in [1.82, 2.24) is 9.78 Å². The molecule has 120 valence electrons. The van der Waals surface area contributed by atoms with Crippen molar-refractivity contribution >= 4 is 27.6 Å². The number of esters is 1. The van der Waals surface area contributed by atoms with Gasteiger partial charge >= 0.3 is 5.97 Å². The van der Waals surface area contributed by atoms with Crippen LogP contribution in [0.5, 0.6) is 5.75 Å². The van der Waals surface area contributed by atoms with Crippen molar-refractivity contribution in [2.75, 3.05) is 18.9 Å². The van der Waals surface area contributed by atoms with Gasteiger partial charge in [0.15, 0.2) is 5.69 Å². The molecule has 2 rings (SSSR count). The summed E-state index contributed by atoms with van der Waals surface area (Å²) in [5, 5.41) is 13.2. The summed E-state index contributed by atoms with van der Waals surface area (Å²) in [4.78, 5) is 11.9. The largest absolute Gasteiger partial charge is 0.492 e. The average molecular weight is 379 g/mol. The molecule has 0 aliphatic carbocycles. The second-order valence-electron chi connectivity index (χ2n) is 4.41. The van der Waals surface area contributed by atoms with Gasteiger partial charge in [0.05, 0.1) is 24.8 Å². The normalized spacial score (nSPS) is 10.2. The van der Waals surface area contributed by atoms with Crippen molar-refractivity contribution in [3.63, 3.8) is 0 Å². The van der Waals surface area contributed by atoms with Crippen molar-refractivity contribution in [3.8, 4) is 17.5 Å². The van der Waals surface area contributed by atoms with Crippen LogP contribution in [0.15, 0.2) is 22.8 Å². The highest BCUT2D eigenvalue weighted by molar-refractivity contribution is 9.10. The van der Waals surface area contributed by atoms with Gasteiger partial charge < -0.3 is 15.2 Å². The summed E-state index contributed by atoms with van der Waals surface area (Å²) in [6, 6.07) is 6.96. The Morgan fingerprint density at radius 2 is 2.17 bits per heavy atom. The third-order valence-corrected chi connectivity index (χ3v) is 3.71. The van der Waals surface area contributed by atoms with Crippen LogP contribution in [0.2, 0.25) is 0 Å². The summed E-state index contributed by atoms with van der Waals surface area (Å²) in [6.45, 7) is 4.18. The summed E-state index contributed by atoms with van der Waals surface area (Å²) in [7, 11) is 0. The Morgan fingerprint density at radius 3 is 2.78 bits per heavy atom. The average Bonchev–Trinajstić information content (AvgIpc) is 2.84. The zero-order valence-corrected chi connectivity index (χ0v) is 14.3. The highest BCUT2D eigenvalue weighted by Gasteiger charge is 2.23. The van der Waals surface area contributed by atoms with Crippen LogP contribution >= 0.6 is 15.9 Å². The number of nitrogen functional groups attached to an aromatic ring is 1. The SMILES string of the molecule is CCOC(=O)c1nn(-c2ccc(C#N)cc2OCC)c(Br)c1N. The first kappa shape index (κ1) is 16.8. The fourth-order valence-electron chi connectivity index (χ4n) is 1.95. The molecule has 1 aromatic heterocycles. The molecule has 23 heavy (non-hydrogen) atoms. The highest BCUT2D eigenvalue weighted by atomic mass is 79.9. The van der Waals surface area contributed by atoms with E-state index in [-0.39, 0.29) is 18.0 Å². The standard InChI is InChI=1S/C15H15BrN4O3/c1-3-22-11-7-9(8-17)5-6-10(11)20-14(16)12(18)13(19-20)15(21)23-4-2/h5-7H,3-4,18H2,1-2H3. The number of nitrogens with two attached hydrogens (primary N) is 1. The van der Waals surface area contributed by atoms with Gasteiger partial charge in [0.2, 0.25) is 0 Å². The van der Waals surface area contributed by atoms with E-state index in [1.807, 2.05) is 6.92 Å². The first-order valence-electron chi connectivity index (χ1n) is 6.91. The van der Waals surface area contributed by atoms with Crippen molar-refractivity contribution in [1.29, 1.82) is 5.26 Å². The van der Waals surface area contributed by atoms with Gasteiger partial charge in [-0.15, -0.1) is 0 Å². The molecule has 0 saturated carbocycles. The number of ether oxygens (including phenoxy) is 2. The first-order valence-corrected chi connectivity index (χ1v) is 7.71. The van der Waals surface area contributed by atoms with E-state index in [0.29, 0.717) is 28.2 Å². The van der Waals surface area contributed by atoms with Crippen LogP contribution in [-0.2, 0) is 4.74 Å². The van der Waals surface area contributed by atoms with E-state index in [9.17, 15) is 4.79 Å². The summed E-state index contributed by atoms with van der Waals surface area (Å²) in [5.41, 5.74) is 7.14. The van der Waals surface area contributed by atoms with Crippen molar-refractivity contribution < 1.29 is 14.3 Å². The van der Waals surface area contributed by atoms with E-state index < -0.39 is 5.97 Å². The van der Waals surface area contributed by atoms with Crippen molar-refractivity contribution in [2.24, 2.45) is 0 Å². The van der Waals surface area contributed by atoms with Crippen LogP contribution in [-0.4, -0.2) is 29.0 Å². The van der Waals surface area contributed by atoms with Gasteiger partial charge in [-0.05, 0) is 41.9 Å². The molecule has 0 saturated heterocycles. The van der Waals surface area contributed by atoms with Crippen LogP contribution < -0.4 is 10.5 Å². The summed E-state index contributed by atoms with van der Waals surface area (Å²) in [5.74, 6) is -0.138. The molecule has 0 spiro atoms. The molecular formula is C15H15BrN4O3. The number of nitriles is 1. The van der Waals surface area contributed by atoms with Crippen molar-refractivity contribution in [3.05, 3.63) is 34.1 Å². The third-order valence-electron chi connectivity index (χ3n) is 2.95.